The molecule has 0 atom stereocenters. The van der Waals surface area contributed by atoms with Crippen molar-refractivity contribution in [3.63, 3.8) is 0 Å². The van der Waals surface area contributed by atoms with Crippen LogP contribution in [0.5, 0.6) is 5.75 Å². The molecule has 0 aliphatic heterocycles. The predicted molar refractivity (Wildman–Crippen MR) is 111 cm³/mol. The fourth-order valence-corrected chi connectivity index (χ4v) is 3.49. The molecule has 0 amide bonds. The van der Waals surface area contributed by atoms with Crippen LogP contribution in [0.15, 0.2) is 64.1 Å². The lowest BCUT2D eigenvalue weighted by Crippen LogP contribution is -2.11. The highest BCUT2D eigenvalue weighted by Gasteiger charge is 2.08. The molecule has 2 aromatic carbocycles. The van der Waals surface area contributed by atoms with Crippen LogP contribution in [0.3, 0.4) is 0 Å². The third-order valence-electron chi connectivity index (χ3n) is 4.15. The van der Waals surface area contributed by atoms with Gasteiger partial charge < -0.3 is 9.30 Å². The summed E-state index contributed by atoms with van der Waals surface area (Å²) in [6.07, 6.45) is 0. The van der Waals surface area contributed by atoms with Crippen molar-refractivity contribution >= 4 is 22.7 Å². The molecule has 7 nitrogen and oxygen atoms in total. The van der Waals surface area contributed by atoms with Gasteiger partial charge in [0.15, 0.2) is 0 Å². The second kappa shape index (κ2) is 8.62. The van der Waals surface area contributed by atoms with Gasteiger partial charge in [0, 0.05) is 30.1 Å². The van der Waals surface area contributed by atoms with E-state index in [9.17, 15) is 10.1 Å². The molecule has 144 valence electrons. The largest absolute Gasteiger partial charge is 0.494 e. The van der Waals surface area contributed by atoms with E-state index < -0.39 is 4.92 Å². The smallest absolute Gasteiger partial charge is 0.270 e. The molecular formula is C20H20N4O3S. The van der Waals surface area contributed by atoms with Gasteiger partial charge in [-0.3, -0.25) is 10.1 Å². The minimum absolute atomic E-state index is 0.0338. The summed E-state index contributed by atoms with van der Waals surface area (Å²) in [5.74, 6) is 0.839. The lowest BCUT2D eigenvalue weighted by molar-refractivity contribution is -0.384. The predicted octanol–water partition coefficient (Wildman–Crippen LogP) is 4.39. The highest BCUT2D eigenvalue weighted by Crippen LogP contribution is 2.22. The molecular weight excluding hydrogens is 376 g/mol. The third kappa shape index (κ3) is 4.34. The summed E-state index contributed by atoms with van der Waals surface area (Å²) in [5.41, 5.74) is 3.40. The molecule has 1 aromatic heterocycles. The Morgan fingerprint density at radius 1 is 1.25 bits per heavy atom. The SMILES string of the molecule is CCOc1ccc(-c2cs/c(=N\N=C(\C)c3cccc([N+](=O)[O-])c3)n2C)cc1. The Balaban J connectivity index is 1.88. The van der Waals surface area contributed by atoms with Crippen LogP contribution in [-0.4, -0.2) is 21.8 Å². The fourth-order valence-electron chi connectivity index (χ4n) is 2.63. The number of nitro groups is 1. The summed E-state index contributed by atoms with van der Waals surface area (Å²) in [4.78, 5) is 11.2. The van der Waals surface area contributed by atoms with E-state index in [0.717, 1.165) is 21.8 Å². The molecule has 0 bridgehead atoms. The molecule has 0 radical (unpaired) electrons. The zero-order valence-corrected chi connectivity index (χ0v) is 16.6. The van der Waals surface area contributed by atoms with Crippen molar-refractivity contribution in [1.29, 1.82) is 0 Å². The van der Waals surface area contributed by atoms with Gasteiger partial charge >= 0.3 is 0 Å². The van der Waals surface area contributed by atoms with E-state index in [4.69, 9.17) is 4.74 Å². The zero-order chi connectivity index (χ0) is 20.1. The van der Waals surface area contributed by atoms with Crippen LogP contribution < -0.4 is 9.54 Å². The van der Waals surface area contributed by atoms with Gasteiger partial charge in [0.1, 0.15) is 5.75 Å². The number of nitro benzene ring substituents is 1. The number of hydrogen-bond donors (Lipinski definition) is 0. The second-order valence-corrected chi connectivity index (χ2v) is 6.85. The van der Waals surface area contributed by atoms with Crippen molar-refractivity contribution in [1.82, 2.24) is 4.57 Å². The number of benzene rings is 2. The first-order valence-corrected chi connectivity index (χ1v) is 9.58. The van der Waals surface area contributed by atoms with E-state index in [1.807, 2.05) is 48.2 Å². The van der Waals surface area contributed by atoms with Crippen LogP contribution in [0, 0.1) is 10.1 Å². The van der Waals surface area contributed by atoms with Crippen molar-refractivity contribution in [2.75, 3.05) is 6.61 Å². The Hall–Kier alpha value is -3.26. The lowest BCUT2D eigenvalue weighted by atomic mass is 10.1. The van der Waals surface area contributed by atoms with E-state index in [1.54, 1.807) is 19.1 Å². The molecule has 1 heterocycles. The molecule has 3 aromatic rings. The number of rotatable bonds is 6. The first-order valence-electron chi connectivity index (χ1n) is 8.70. The molecule has 0 spiro atoms. The van der Waals surface area contributed by atoms with E-state index in [2.05, 4.69) is 10.2 Å². The van der Waals surface area contributed by atoms with Gasteiger partial charge in [-0.25, -0.2) is 0 Å². The normalized spacial score (nSPS) is 12.2. The van der Waals surface area contributed by atoms with Crippen LogP contribution in [0.4, 0.5) is 5.69 Å². The standard InChI is InChI=1S/C20H20N4O3S/c1-4-27-18-10-8-15(9-11-18)19-13-28-20(23(19)3)22-21-14(2)16-6-5-7-17(12-16)24(25)26/h5-13H,4H2,1-3H3/b21-14-,22-20-. The summed E-state index contributed by atoms with van der Waals surface area (Å²) in [7, 11) is 1.93. The maximum absolute atomic E-state index is 10.9. The molecule has 0 N–H and O–H groups in total. The van der Waals surface area contributed by atoms with Gasteiger partial charge in [-0.15, -0.1) is 16.4 Å². The molecule has 3 rings (SSSR count). The van der Waals surface area contributed by atoms with E-state index in [1.165, 1.54) is 23.5 Å². The molecule has 0 unspecified atom stereocenters. The van der Waals surface area contributed by atoms with Gasteiger partial charge in [-0.1, -0.05) is 12.1 Å². The summed E-state index contributed by atoms with van der Waals surface area (Å²) in [6, 6.07) is 14.3. The number of non-ortho nitro benzene ring substituents is 1. The molecule has 0 fully saturated rings. The number of hydrogen-bond acceptors (Lipinski definition) is 6. The maximum Gasteiger partial charge on any atom is 0.270 e. The lowest BCUT2D eigenvalue weighted by Gasteiger charge is -2.05. The highest BCUT2D eigenvalue weighted by atomic mass is 32.1. The molecule has 0 saturated heterocycles. The van der Waals surface area contributed by atoms with Crippen molar-refractivity contribution in [3.8, 4) is 17.0 Å². The number of aromatic nitrogens is 1. The Kier molecular flexibility index (Phi) is 6.00. The zero-order valence-electron chi connectivity index (χ0n) is 15.8. The van der Waals surface area contributed by atoms with E-state index in [0.29, 0.717) is 17.9 Å². The minimum Gasteiger partial charge on any atom is -0.494 e. The van der Waals surface area contributed by atoms with Crippen LogP contribution >= 0.6 is 11.3 Å². The maximum atomic E-state index is 10.9. The first-order chi connectivity index (χ1) is 13.5. The van der Waals surface area contributed by atoms with E-state index in [-0.39, 0.29) is 5.69 Å². The van der Waals surface area contributed by atoms with Crippen molar-refractivity contribution in [3.05, 3.63) is 74.4 Å². The summed E-state index contributed by atoms with van der Waals surface area (Å²) < 4.78 is 7.44. The topological polar surface area (TPSA) is 82.0 Å². The van der Waals surface area contributed by atoms with Crippen LogP contribution in [0.1, 0.15) is 19.4 Å². The molecule has 8 heteroatoms. The average Bonchev–Trinajstić information content (AvgIpc) is 3.07. The van der Waals surface area contributed by atoms with Gasteiger partial charge in [0.05, 0.1) is 22.9 Å². The van der Waals surface area contributed by atoms with Crippen LogP contribution in [-0.2, 0) is 7.05 Å². The minimum atomic E-state index is -0.420. The summed E-state index contributed by atoms with van der Waals surface area (Å²) >= 11 is 1.48. The molecule has 0 aliphatic rings. The first kappa shape index (κ1) is 19.5. The Morgan fingerprint density at radius 2 is 2.00 bits per heavy atom. The van der Waals surface area contributed by atoms with Gasteiger partial charge in [0.25, 0.3) is 5.69 Å². The number of thiazole rings is 1. The van der Waals surface area contributed by atoms with E-state index >= 15 is 0 Å². The Labute approximate surface area is 166 Å². The third-order valence-corrected chi connectivity index (χ3v) is 5.05. The Morgan fingerprint density at radius 3 is 2.68 bits per heavy atom. The van der Waals surface area contributed by atoms with Gasteiger partial charge in [-0.05, 0) is 43.7 Å². The summed E-state index contributed by atoms with van der Waals surface area (Å²) in [6.45, 7) is 4.37. The van der Waals surface area contributed by atoms with Crippen LogP contribution in [0.2, 0.25) is 0 Å². The number of nitrogens with zero attached hydrogens (tertiary/aromatic N) is 4. The second-order valence-electron chi connectivity index (χ2n) is 6.01. The molecule has 0 saturated carbocycles. The average molecular weight is 396 g/mol. The van der Waals surface area contributed by atoms with Gasteiger partial charge in [0.2, 0.25) is 4.80 Å². The number of ether oxygens (including phenoxy) is 1. The molecule has 28 heavy (non-hydrogen) atoms. The van der Waals surface area contributed by atoms with Crippen molar-refractivity contribution in [2.45, 2.75) is 13.8 Å². The highest BCUT2D eigenvalue weighted by molar-refractivity contribution is 7.07. The van der Waals surface area contributed by atoms with Crippen molar-refractivity contribution in [2.24, 2.45) is 17.3 Å². The monoisotopic (exact) mass is 396 g/mol. The Bertz CT molecular complexity index is 1080. The van der Waals surface area contributed by atoms with Gasteiger partial charge in [-0.2, -0.15) is 5.10 Å². The molecule has 0 aliphatic carbocycles. The quantitative estimate of drug-likeness (QED) is 0.352. The van der Waals surface area contributed by atoms with Crippen LogP contribution in [0.25, 0.3) is 11.3 Å². The fraction of sp³-hybridized carbons (Fsp3) is 0.200. The summed E-state index contributed by atoms with van der Waals surface area (Å²) in [5, 5.41) is 21.5. The van der Waals surface area contributed by atoms with Crippen molar-refractivity contribution < 1.29 is 9.66 Å².